The first kappa shape index (κ1) is 13.4. The predicted molar refractivity (Wildman–Crippen MR) is 74.8 cm³/mol. The Labute approximate surface area is 113 Å². The lowest BCUT2D eigenvalue weighted by Crippen LogP contribution is -2.14. The van der Waals surface area contributed by atoms with Crippen LogP contribution in [0.2, 0.25) is 0 Å². The monoisotopic (exact) mass is 258 g/mol. The first-order valence-electron chi connectivity index (χ1n) is 6.26. The normalized spacial score (nSPS) is 11.9. The number of ether oxygens (including phenoxy) is 2. The fourth-order valence-electron chi connectivity index (χ4n) is 1.91. The Morgan fingerprint density at radius 3 is 2.21 bits per heavy atom. The number of aliphatic hydroxyl groups excluding tert-OH is 1. The van der Waals surface area contributed by atoms with E-state index < -0.39 is 0 Å². The molecule has 0 saturated heterocycles. The molecule has 0 heterocycles. The molecule has 100 valence electrons. The van der Waals surface area contributed by atoms with Gasteiger partial charge in [0, 0.05) is 5.92 Å². The molecule has 3 heteroatoms. The highest BCUT2D eigenvalue weighted by Crippen LogP contribution is 2.27. The molecule has 1 unspecified atom stereocenters. The second kappa shape index (κ2) is 6.81. The molecule has 0 aromatic heterocycles. The zero-order valence-electron chi connectivity index (χ0n) is 11.0. The first-order valence-corrected chi connectivity index (χ1v) is 6.26. The van der Waals surface area contributed by atoms with Gasteiger partial charge in [-0.3, -0.25) is 0 Å². The van der Waals surface area contributed by atoms with E-state index >= 15 is 0 Å². The van der Waals surface area contributed by atoms with Crippen molar-refractivity contribution in [3.05, 3.63) is 60.2 Å². The fourth-order valence-corrected chi connectivity index (χ4v) is 1.91. The average molecular weight is 258 g/mol. The van der Waals surface area contributed by atoms with Crippen molar-refractivity contribution < 1.29 is 14.6 Å². The minimum atomic E-state index is -0.0360. The Morgan fingerprint density at radius 2 is 1.58 bits per heavy atom. The van der Waals surface area contributed by atoms with E-state index in [1.165, 1.54) is 0 Å². The summed E-state index contributed by atoms with van der Waals surface area (Å²) in [5.74, 6) is 1.36. The zero-order valence-corrected chi connectivity index (χ0v) is 11.0. The maximum atomic E-state index is 9.47. The molecule has 0 fully saturated rings. The zero-order chi connectivity index (χ0) is 13.5. The Morgan fingerprint density at radius 1 is 0.947 bits per heavy atom. The number of para-hydroxylation sites is 2. The quantitative estimate of drug-likeness (QED) is 0.866. The largest absolute Gasteiger partial charge is 0.493 e. The van der Waals surface area contributed by atoms with Crippen molar-refractivity contribution in [3.8, 4) is 11.5 Å². The van der Waals surface area contributed by atoms with Crippen molar-refractivity contribution in [1.82, 2.24) is 0 Å². The summed E-state index contributed by atoms with van der Waals surface area (Å²) in [5.41, 5.74) is 1.07. The molecular formula is C16H18O3. The molecule has 0 spiro atoms. The van der Waals surface area contributed by atoms with Crippen LogP contribution in [0, 0.1) is 0 Å². The van der Waals surface area contributed by atoms with Crippen LogP contribution < -0.4 is 9.47 Å². The van der Waals surface area contributed by atoms with Gasteiger partial charge in [-0.1, -0.05) is 42.5 Å². The number of methoxy groups -OCH3 is 1. The summed E-state index contributed by atoms with van der Waals surface area (Å²) >= 11 is 0. The molecule has 0 amide bonds. The number of hydrogen-bond acceptors (Lipinski definition) is 3. The van der Waals surface area contributed by atoms with Crippen LogP contribution in [0.15, 0.2) is 54.6 Å². The minimum Gasteiger partial charge on any atom is -0.493 e. The van der Waals surface area contributed by atoms with Crippen LogP contribution in [0.5, 0.6) is 11.5 Å². The molecule has 1 atom stereocenters. The highest BCUT2D eigenvalue weighted by Gasteiger charge is 2.12. The molecule has 2 aromatic rings. The van der Waals surface area contributed by atoms with Gasteiger partial charge in [-0.05, 0) is 17.7 Å². The molecule has 19 heavy (non-hydrogen) atoms. The second-order valence-electron chi connectivity index (χ2n) is 4.25. The summed E-state index contributed by atoms with van der Waals surface area (Å²) in [4.78, 5) is 0. The van der Waals surface area contributed by atoms with Crippen LogP contribution in [0.3, 0.4) is 0 Å². The number of hydrogen-bond donors (Lipinski definition) is 1. The summed E-state index contributed by atoms with van der Waals surface area (Å²) in [5, 5.41) is 9.47. The molecular weight excluding hydrogens is 240 g/mol. The van der Waals surface area contributed by atoms with E-state index in [2.05, 4.69) is 0 Å². The van der Waals surface area contributed by atoms with Crippen molar-refractivity contribution in [2.75, 3.05) is 20.3 Å². The minimum absolute atomic E-state index is 0.0360. The van der Waals surface area contributed by atoms with Crippen LogP contribution >= 0.6 is 0 Å². The number of rotatable bonds is 6. The van der Waals surface area contributed by atoms with Crippen molar-refractivity contribution in [1.29, 1.82) is 0 Å². The van der Waals surface area contributed by atoms with Crippen molar-refractivity contribution in [2.24, 2.45) is 0 Å². The van der Waals surface area contributed by atoms with Crippen LogP contribution in [-0.2, 0) is 0 Å². The van der Waals surface area contributed by atoms with Gasteiger partial charge >= 0.3 is 0 Å². The molecule has 2 rings (SSSR count). The van der Waals surface area contributed by atoms with E-state index in [1.807, 2.05) is 54.6 Å². The number of aliphatic hydroxyl groups is 1. The molecule has 0 aliphatic rings. The Kier molecular flexibility index (Phi) is 4.81. The second-order valence-corrected chi connectivity index (χ2v) is 4.25. The van der Waals surface area contributed by atoms with E-state index in [0.29, 0.717) is 18.1 Å². The highest BCUT2D eigenvalue weighted by atomic mass is 16.5. The van der Waals surface area contributed by atoms with Crippen LogP contribution in [-0.4, -0.2) is 25.4 Å². The third kappa shape index (κ3) is 3.48. The molecule has 3 nitrogen and oxygen atoms in total. The smallest absolute Gasteiger partial charge is 0.161 e. The van der Waals surface area contributed by atoms with Gasteiger partial charge in [-0.15, -0.1) is 0 Å². The van der Waals surface area contributed by atoms with Gasteiger partial charge in [0.25, 0.3) is 0 Å². The summed E-state index contributed by atoms with van der Waals surface area (Å²) < 4.78 is 11.0. The average Bonchev–Trinajstić information content (AvgIpc) is 2.49. The fraction of sp³-hybridized carbons (Fsp3) is 0.250. The topological polar surface area (TPSA) is 38.7 Å². The SMILES string of the molecule is COc1ccccc1OCC(CO)c1ccccc1. The van der Waals surface area contributed by atoms with Gasteiger partial charge in [-0.2, -0.15) is 0 Å². The van der Waals surface area contributed by atoms with Crippen LogP contribution in [0.1, 0.15) is 11.5 Å². The van der Waals surface area contributed by atoms with Crippen LogP contribution in [0.25, 0.3) is 0 Å². The van der Waals surface area contributed by atoms with Gasteiger partial charge in [-0.25, -0.2) is 0 Å². The van der Waals surface area contributed by atoms with E-state index in [-0.39, 0.29) is 12.5 Å². The summed E-state index contributed by atoms with van der Waals surface area (Å²) in [6.07, 6.45) is 0. The van der Waals surface area contributed by atoms with Gasteiger partial charge in [0.1, 0.15) is 0 Å². The Hall–Kier alpha value is -2.00. The van der Waals surface area contributed by atoms with E-state index in [0.717, 1.165) is 5.56 Å². The molecule has 0 aliphatic heterocycles. The molecule has 2 aromatic carbocycles. The van der Waals surface area contributed by atoms with E-state index in [4.69, 9.17) is 9.47 Å². The highest BCUT2D eigenvalue weighted by molar-refractivity contribution is 5.39. The van der Waals surface area contributed by atoms with E-state index in [9.17, 15) is 5.11 Å². The number of benzene rings is 2. The van der Waals surface area contributed by atoms with Gasteiger partial charge in [0.15, 0.2) is 11.5 Å². The van der Waals surface area contributed by atoms with Crippen molar-refractivity contribution in [2.45, 2.75) is 5.92 Å². The summed E-state index contributed by atoms with van der Waals surface area (Å²) in [6, 6.07) is 17.4. The maximum absolute atomic E-state index is 9.47. The summed E-state index contributed by atoms with van der Waals surface area (Å²) in [6.45, 7) is 0.472. The van der Waals surface area contributed by atoms with Gasteiger partial charge in [0.2, 0.25) is 0 Å². The lowest BCUT2D eigenvalue weighted by Gasteiger charge is -2.17. The Balaban J connectivity index is 2.04. The third-order valence-corrected chi connectivity index (χ3v) is 3.00. The van der Waals surface area contributed by atoms with Gasteiger partial charge in [0.05, 0.1) is 20.3 Å². The lowest BCUT2D eigenvalue weighted by atomic mass is 10.0. The van der Waals surface area contributed by atoms with Crippen LogP contribution in [0.4, 0.5) is 0 Å². The van der Waals surface area contributed by atoms with Gasteiger partial charge < -0.3 is 14.6 Å². The predicted octanol–water partition coefficient (Wildman–Crippen LogP) is 2.85. The van der Waals surface area contributed by atoms with Crippen molar-refractivity contribution >= 4 is 0 Å². The molecule has 0 radical (unpaired) electrons. The third-order valence-electron chi connectivity index (χ3n) is 3.00. The van der Waals surface area contributed by atoms with Crippen molar-refractivity contribution in [3.63, 3.8) is 0 Å². The molecule has 0 saturated carbocycles. The lowest BCUT2D eigenvalue weighted by molar-refractivity contribution is 0.201. The van der Waals surface area contributed by atoms with E-state index in [1.54, 1.807) is 7.11 Å². The standard InChI is InChI=1S/C16H18O3/c1-18-15-9-5-6-10-16(15)19-12-14(11-17)13-7-3-2-4-8-13/h2-10,14,17H,11-12H2,1H3. The first-order chi connectivity index (χ1) is 9.35. The molecule has 1 N–H and O–H groups in total. The molecule has 0 aliphatic carbocycles. The summed E-state index contributed by atoms with van der Waals surface area (Å²) in [7, 11) is 1.61. The molecule has 0 bridgehead atoms. The maximum Gasteiger partial charge on any atom is 0.161 e. The Bertz CT molecular complexity index is 496.